The number of para-hydroxylation sites is 1. The monoisotopic (exact) mass is 326 g/mol. The van der Waals surface area contributed by atoms with Gasteiger partial charge in [-0.25, -0.2) is 0 Å². The lowest BCUT2D eigenvalue weighted by Crippen LogP contribution is -2.06. The fraction of sp³-hybridized carbons (Fsp3) is 0.143. The Morgan fingerprint density at radius 2 is 2.05 bits per heavy atom. The Morgan fingerprint density at radius 3 is 2.71 bits per heavy atom. The Balaban J connectivity index is 2.45. The quantitative estimate of drug-likeness (QED) is 0.652. The van der Waals surface area contributed by atoms with Gasteiger partial charge in [-0.05, 0) is 31.3 Å². The lowest BCUT2D eigenvalue weighted by molar-refractivity contribution is -0.385. The number of nitrogens with zero attached hydrogens (tertiary/aromatic N) is 1. The fourth-order valence-electron chi connectivity index (χ4n) is 1.83. The van der Waals surface area contributed by atoms with E-state index in [9.17, 15) is 10.1 Å². The average molecular weight is 327 g/mol. The highest BCUT2D eigenvalue weighted by Gasteiger charge is 2.20. The largest absolute Gasteiger partial charge is 0.448 e. The molecule has 1 N–H and O–H groups in total. The highest BCUT2D eigenvalue weighted by Crippen LogP contribution is 2.39. The number of nitro benzene ring substituents is 1. The number of rotatable bonds is 5. The molecule has 0 fully saturated rings. The van der Waals surface area contributed by atoms with E-state index >= 15 is 0 Å². The molecule has 0 saturated carbocycles. The van der Waals surface area contributed by atoms with E-state index in [0.29, 0.717) is 17.3 Å². The highest BCUT2D eigenvalue weighted by molar-refractivity contribution is 6.32. The average Bonchev–Trinajstić information content (AvgIpc) is 2.43. The summed E-state index contributed by atoms with van der Waals surface area (Å²) in [5.41, 5.74) is 0.590. The third-order valence-electron chi connectivity index (χ3n) is 2.74. The van der Waals surface area contributed by atoms with Crippen LogP contribution in [0.4, 0.5) is 5.69 Å². The Kier molecular flexibility index (Phi) is 5.01. The van der Waals surface area contributed by atoms with Gasteiger partial charge in [-0.1, -0.05) is 29.3 Å². The molecule has 0 aliphatic rings. The molecular formula is C14H12Cl2N2O3. The van der Waals surface area contributed by atoms with Crippen molar-refractivity contribution >= 4 is 28.9 Å². The first-order chi connectivity index (χ1) is 10.0. The van der Waals surface area contributed by atoms with Crippen molar-refractivity contribution in [1.29, 1.82) is 0 Å². The van der Waals surface area contributed by atoms with Crippen molar-refractivity contribution in [3.05, 3.63) is 62.1 Å². The maximum absolute atomic E-state index is 11.1. The van der Waals surface area contributed by atoms with Gasteiger partial charge in [0.2, 0.25) is 5.75 Å². The van der Waals surface area contributed by atoms with Gasteiger partial charge in [0.15, 0.2) is 0 Å². The van der Waals surface area contributed by atoms with Crippen LogP contribution in [0.25, 0.3) is 0 Å². The maximum Gasteiger partial charge on any atom is 0.313 e. The van der Waals surface area contributed by atoms with E-state index < -0.39 is 4.92 Å². The summed E-state index contributed by atoms with van der Waals surface area (Å²) in [5, 5.41) is 14.8. The van der Waals surface area contributed by atoms with Gasteiger partial charge in [0.05, 0.1) is 9.95 Å². The van der Waals surface area contributed by atoms with Crippen LogP contribution in [-0.4, -0.2) is 12.0 Å². The van der Waals surface area contributed by atoms with Gasteiger partial charge < -0.3 is 10.1 Å². The van der Waals surface area contributed by atoms with Crippen LogP contribution in [0.5, 0.6) is 11.5 Å². The summed E-state index contributed by atoms with van der Waals surface area (Å²) in [6.45, 7) is 0.508. The second-order valence-electron chi connectivity index (χ2n) is 4.23. The van der Waals surface area contributed by atoms with Crippen LogP contribution in [0.2, 0.25) is 10.0 Å². The van der Waals surface area contributed by atoms with Gasteiger partial charge in [0, 0.05) is 23.2 Å². The summed E-state index contributed by atoms with van der Waals surface area (Å²) in [6, 6.07) is 9.42. The van der Waals surface area contributed by atoms with Crippen LogP contribution in [0.3, 0.4) is 0 Å². The molecule has 5 nitrogen and oxygen atoms in total. The first kappa shape index (κ1) is 15.6. The van der Waals surface area contributed by atoms with E-state index in [4.69, 9.17) is 27.9 Å². The smallest absolute Gasteiger partial charge is 0.313 e. The predicted octanol–water partition coefficient (Wildman–Crippen LogP) is 4.41. The number of hydrogen-bond donors (Lipinski definition) is 1. The molecule has 2 rings (SSSR count). The standard InChI is InChI=1S/C14H12Cl2N2O3/c1-17-8-9-7-10(15)5-6-13(9)21-14-11(16)3-2-4-12(14)18(19)20/h2-7,17H,8H2,1H3. The van der Waals surface area contributed by atoms with Crippen molar-refractivity contribution in [3.8, 4) is 11.5 Å². The Bertz CT molecular complexity index is 677. The van der Waals surface area contributed by atoms with E-state index in [1.807, 2.05) is 0 Å². The molecule has 21 heavy (non-hydrogen) atoms. The predicted molar refractivity (Wildman–Crippen MR) is 82.4 cm³/mol. The number of nitrogens with one attached hydrogen (secondary N) is 1. The van der Waals surface area contributed by atoms with E-state index in [0.717, 1.165) is 5.56 Å². The van der Waals surface area contributed by atoms with Crippen LogP contribution in [0.15, 0.2) is 36.4 Å². The van der Waals surface area contributed by atoms with Crippen molar-refractivity contribution < 1.29 is 9.66 Å². The molecule has 0 radical (unpaired) electrons. The second kappa shape index (κ2) is 6.76. The lowest BCUT2D eigenvalue weighted by Gasteiger charge is -2.12. The summed E-state index contributed by atoms with van der Waals surface area (Å²) in [4.78, 5) is 10.5. The Hall–Kier alpha value is -1.82. The van der Waals surface area contributed by atoms with Gasteiger partial charge in [-0.3, -0.25) is 10.1 Å². The van der Waals surface area contributed by atoms with Crippen molar-refractivity contribution in [2.75, 3.05) is 7.05 Å². The normalized spacial score (nSPS) is 10.4. The maximum atomic E-state index is 11.1. The van der Waals surface area contributed by atoms with Crippen LogP contribution in [0, 0.1) is 10.1 Å². The molecule has 110 valence electrons. The zero-order valence-corrected chi connectivity index (χ0v) is 12.6. The molecule has 0 aliphatic carbocycles. The molecule has 0 spiro atoms. The van der Waals surface area contributed by atoms with E-state index in [-0.39, 0.29) is 16.5 Å². The highest BCUT2D eigenvalue weighted by atomic mass is 35.5. The third kappa shape index (κ3) is 3.64. The van der Waals surface area contributed by atoms with Crippen LogP contribution in [-0.2, 0) is 6.54 Å². The molecule has 0 heterocycles. The molecule has 0 saturated heterocycles. The minimum Gasteiger partial charge on any atom is -0.448 e. The summed E-state index contributed by atoms with van der Waals surface area (Å²) in [7, 11) is 1.78. The van der Waals surface area contributed by atoms with Crippen LogP contribution in [0.1, 0.15) is 5.56 Å². The van der Waals surface area contributed by atoms with E-state index in [1.165, 1.54) is 18.2 Å². The Morgan fingerprint density at radius 1 is 1.29 bits per heavy atom. The minimum absolute atomic E-state index is 0.0174. The zero-order chi connectivity index (χ0) is 15.4. The van der Waals surface area contributed by atoms with Crippen LogP contribution >= 0.6 is 23.2 Å². The summed E-state index contributed by atoms with van der Waals surface area (Å²) in [6.07, 6.45) is 0. The number of halogens is 2. The molecule has 0 bridgehead atoms. The third-order valence-corrected chi connectivity index (χ3v) is 3.28. The molecule has 0 aromatic heterocycles. The number of ether oxygens (including phenoxy) is 1. The molecule has 7 heteroatoms. The van der Waals surface area contributed by atoms with Gasteiger partial charge in [0.1, 0.15) is 5.75 Å². The van der Waals surface area contributed by atoms with Gasteiger partial charge in [-0.2, -0.15) is 0 Å². The number of benzene rings is 2. The van der Waals surface area contributed by atoms with Crippen molar-refractivity contribution in [2.45, 2.75) is 6.54 Å². The van der Waals surface area contributed by atoms with Gasteiger partial charge in [0.25, 0.3) is 0 Å². The molecule has 0 atom stereocenters. The summed E-state index contributed by atoms with van der Waals surface area (Å²) >= 11 is 12.0. The molecule has 0 aliphatic heterocycles. The summed E-state index contributed by atoms with van der Waals surface area (Å²) < 4.78 is 5.67. The summed E-state index contributed by atoms with van der Waals surface area (Å²) in [5.74, 6) is 0.480. The van der Waals surface area contributed by atoms with Crippen molar-refractivity contribution in [3.63, 3.8) is 0 Å². The van der Waals surface area contributed by atoms with Gasteiger partial charge >= 0.3 is 5.69 Å². The zero-order valence-electron chi connectivity index (χ0n) is 11.1. The SMILES string of the molecule is CNCc1cc(Cl)ccc1Oc1c(Cl)cccc1[N+](=O)[O-]. The molecular weight excluding hydrogens is 315 g/mol. The molecule has 2 aromatic rings. The van der Waals surface area contributed by atoms with E-state index in [2.05, 4.69) is 5.32 Å². The second-order valence-corrected chi connectivity index (χ2v) is 5.07. The number of hydrogen-bond acceptors (Lipinski definition) is 4. The van der Waals surface area contributed by atoms with Gasteiger partial charge in [-0.15, -0.1) is 0 Å². The molecule has 0 amide bonds. The Labute approximate surface area is 131 Å². The number of nitro groups is 1. The lowest BCUT2D eigenvalue weighted by atomic mass is 10.2. The topological polar surface area (TPSA) is 64.4 Å². The van der Waals surface area contributed by atoms with Crippen LogP contribution < -0.4 is 10.1 Å². The van der Waals surface area contributed by atoms with E-state index in [1.54, 1.807) is 25.2 Å². The van der Waals surface area contributed by atoms with Crippen molar-refractivity contribution in [2.24, 2.45) is 0 Å². The fourth-order valence-corrected chi connectivity index (χ4v) is 2.23. The first-order valence-corrected chi connectivity index (χ1v) is 6.82. The minimum atomic E-state index is -0.533. The molecule has 2 aromatic carbocycles. The molecule has 0 unspecified atom stereocenters. The first-order valence-electron chi connectivity index (χ1n) is 6.06. The van der Waals surface area contributed by atoms with Crippen molar-refractivity contribution in [1.82, 2.24) is 5.32 Å².